The second-order valence-electron chi connectivity index (χ2n) is 5.13. The SMILES string of the molecule is CCCn1c(CO)nnc1SCCOc1c(C)cccc1C. The number of rotatable bonds is 8. The number of aromatic nitrogens is 3. The average Bonchev–Trinajstić information content (AvgIpc) is 2.88. The van der Waals surface area contributed by atoms with Crippen molar-refractivity contribution in [2.24, 2.45) is 0 Å². The zero-order chi connectivity index (χ0) is 15.9. The van der Waals surface area contributed by atoms with Crippen LogP contribution >= 0.6 is 11.8 Å². The maximum Gasteiger partial charge on any atom is 0.191 e. The maximum atomic E-state index is 9.28. The van der Waals surface area contributed by atoms with Crippen molar-refractivity contribution in [3.63, 3.8) is 0 Å². The molecular formula is C16H23N3O2S. The largest absolute Gasteiger partial charge is 0.492 e. The summed E-state index contributed by atoms with van der Waals surface area (Å²) in [5.74, 6) is 2.38. The van der Waals surface area contributed by atoms with Crippen LogP contribution in [0.4, 0.5) is 0 Å². The Labute approximate surface area is 135 Å². The molecule has 0 aliphatic carbocycles. The number of hydrogen-bond acceptors (Lipinski definition) is 5. The van der Waals surface area contributed by atoms with Crippen LogP contribution < -0.4 is 4.74 Å². The maximum absolute atomic E-state index is 9.28. The fourth-order valence-electron chi connectivity index (χ4n) is 2.29. The number of nitrogens with zero attached hydrogens (tertiary/aromatic N) is 3. The van der Waals surface area contributed by atoms with Crippen LogP contribution in [0.3, 0.4) is 0 Å². The summed E-state index contributed by atoms with van der Waals surface area (Å²) in [5, 5.41) is 18.3. The summed E-state index contributed by atoms with van der Waals surface area (Å²) in [6.45, 7) is 7.57. The molecule has 22 heavy (non-hydrogen) atoms. The van der Waals surface area contributed by atoms with Gasteiger partial charge in [0.25, 0.3) is 0 Å². The lowest BCUT2D eigenvalue weighted by Gasteiger charge is -2.12. The van der Waals surface area contributed by atoms with Crippen molar-refractivity contribution in [1.29, 1.82) is 0 Å². The van der Waals surface area contributed by atoms with Crippen LogP contribution in [0.2, 0.25) is 0 Å². The number of benzene rings is 1. The Hall–Kier alpha value is -1.53. The molecule has 1 heterocycles. The fourth-order valence-corrected chi connectivity index (χ4v) is 3.09. The van der Waals surface area contributed by atoms with E-state index in [9.17, 15) is 5.11 Å². The minimum Gasteiger partial charge on any atom is -0.492 e. The molecule has 1 aromatic heterocycles. The number of hydrogen-bond donors (Lipinski definition) is 1. The first-order chi connectivity index (χ1) is 10.7. The predicted octanol–water partition coefficient (Wildman–Crippen LogP) is 2.97. The molecule has 2 rings (SSSR count). The van der Waals surface area contributed by atoms with Gasteiger partial charge in [-0.25, -0.2) is 0 Å². The zero-order valence-electron chi connectivity index (χ0n) is 13.4. The third kappa shape index (κ3) is 4.01. The van der Waals surface area contributed by atoms with Crippen molar-refractivity contribution in [3.05, 3.63) is 35.2 Å². The zero-order valence-corrected chi connectivity index (χ0v) is 14.2. The van der Waals surface area contributed by atoms with Crippen LogP contribution in [0.5, 0.6) is 5.75 Å². The van der Waals surface area contributed by atoms with E-state index in [1.54, 1.807) is 11.8 Å². The van der Waals surface area contributed by atoms with Crippen molar-refractivity contribution in [3.8, 4) is 5.75 Å². The smallest absolute Gasteiger partial charge is 0.191 e. The molecule has 0 atom stereocenters. The Bertz CT molecular complexity index is 593. The van der Waals surface area contributed by atoms with E-state index in [0.29, 0.717) is 12.4 Å². The van der Waals surface area contributed by atoms with E-state index in [1.165, 1.54) is 0 Å². The highest BCUT2D eigenvalue weighted by Gasteiger charge is 2.11. The van der Waals surface area contributed by atoms with Crippen LogP contribution in [0.15, 0.2) is 23.4 Å². The van der Waals surface area contributed by atoms with Crippen molar-refractivity contribution in [2.45, 2.75) is 45.5 Å². The molecule has 0 fully saturated rings. The minimum atomic E-state index is -0.0769. The van der Waals surface area contributed by atoms with E-state index < -0.39 is 0 Å². The lowest BCUT2D eigenvalue weighted by molar-refractivity contribution is 0.263. The van der Waals surface area contributed by atoms with Gasteiger partial charge in [0.1, 0.15) is 12.4 Å². The Balaban J connectivity index is 1.90. The summed E-state index contributed by atoms with van der Waals surface area (Å²) < 4.78 is 7.87. The summed E-state index contributed by atoms with van der Waals surface area (Å²) in [6.07, 6.45) is 0.984. The predicted molar refractivity (Wildman–Crippen MR) is 88.4 cm³/mol. The topological polar surface area (TPSA) is 60.2 Å². The van der Waals surface area contributed by atoms with Gasteiger partial charge >= 0.3 is 0 Å². The summed E-state index contributed by atoms with van der Waals surface area (Å²) >= 11 is 1.61. The lowest BCUT2D eigenvalue weighted by Crippen LogP contribution is -2.07. The highest BCUT2D eigenvalue weighted by Crippen LogP contribution is 2.23. The number of thioether (sulfide) groups is 1. The monoisotopic (exact) mass is 321 g/mol. The van der Waals surface area contributed by atoms with E-state index in [1.807, 2.05) is 10.6 Å². The minimum absolute atomic E-state index is 0.0769. The standard InChI is InChI=1S/C16H23N3O2S/c1-4-8-19-14(11-20)17-18-16(19)22-10-9-21-15-12(2)6-5-7-13(15)3/h5-7,20H,4,8-11H2,1-3H3. The number of aliphatic hydroxyl groups excluding tert-OH is 1. The molecule has 0 spiro atoms. The van der Waals surface area contributed by atoms with Gasteiger partial charge in [0, 0.05) is 12.3 Å². The van der Waals surface area contributed by atoms with E-state index in [0.717, 1.165) is 40.8 Å². The van der Waals surface area contributed by atoms with Gasteiger partial charge < -0.3 is 14.4 Å². The molecule has 2 aromatic rings. The van der Waals surface area contributed by atoms with Crippen molar-refractivity contribution in [2.75, 3.05) is 12.4 Å². The van der Waals surface area contributed by atoms with E-state index in [-0.39, 0.29) is 6.61 Å². The van der Waals surface area contributed by atoms with Gasteiger partial charge in [-0.15, -0.1) is 10.2 Å². The Morgan fingerprint density at radius 3 is 2.59 bits per heavy atom. The first-order valence-electron chi connectivity index (χ1n) is 7.52. The van der Waals surface area contributed by atoms with Gasteiger partial charge in [-0.1, -0.05) is 36.9 Å². The fraction of sp³-hybridized carbons (Fsp3) is 0.500. The molecule has 0 unspecified atom stereocenters. The lowest BCUT2D eigenvalue weighted by atomic mass is 10.1. The van der Waals surface area contributed by atoms with Gasteiger partial charge in [-0.3, -0.25) is 0 Å². The van der Waals surface area contributed by atoms with Crippen LogP contribution in [0, 0.1) is 13.8 Å². The number of ether oxygens (including phenoxy) is 1. The van der Waals surface area contributed by atoms with Crippen molar-refractivity contribution >= 4 is 11.8 Å². The second-order valence-corrected chi connectivity index (χ2v) is 6.19. The molecule has 0 aliphatic rings. The Kier molecular flexibility index (Phi) is 6.27. The molecule has 0 bridgehead atoms. The van der Waals surface area contributed by atoms with Crippen molar-refractivity contribution < 1.29 is 9.84 Å². The summed E-state index contributed by atoms with van der Waals surface area (Å²) in [7, 11) is 0. The molecular weight excluding hydrogens is 298 g/mol. The molecule has 0 saturated heterocycles. The van der Waals surface area contributed by atoms with Gasteiger partial charge in [0.2, 0.25) is 0 Å². The first-order valence-corrected chi connectivity index (χ1v) is 8.50. The van der Waals surface area contributed by atoms with Crippen LogP contribution in [0.1, 0.15) is 30.3 Å². The Morgan fingerprint density at radius 2 is 1.95 bits per heavy atom. The molecule has 5 nitrogen and oxygen atoms in total. The third-order valence-electron chi connectivity index (χ3n) is 3.35. The van der Waals surface area contributed by atoms with Gasteiger partial charge in [0.15, 0.2) is 11.0 Å². The van der Waals surface area contributed by atoms with E-state index in [4.69, 9.17) is 4.74 Å². The highest BCUT2D eigenvalue weighted by molar-refractivity contribution is 7.99. The molecule has 6 heteroatoms. The van der Waals surface area contributed by atoms with Crippen LogP contribution in [-0.2, 0) is 13.2 Å². The molecule has 1 N–H and O–H groups in total. The summed E-state index contributed by atoms with van der Waals surface area (Å²) in [4.78, 5) is 0. The summed E-state index contributed by atoms with van der Waals surface area (Å²) in [6, 6.07) is 6.15. The molecule has 0 saturated carbocycles. The average molecular weight is 321 g/mol. The Morgan fingerprint density at radius 1 is 1.23 bits per heavy atom. The highest BCUT2D eigenvalue weighted by atomic mass is 32.2. The van der Waals surface area contributed by atoms with Gasteiger partial charge in [-0.2, -0.15) is 0 Å². The first kappa shape index (κ1) is 16.8. The van der Waals surface area contributed by atoms with Crippen LogP contribution in [-0.4, -0.2) is 32.2 Å². The molecule has 0 aliphatic heterocycles. The van der Waals surface area contributed by atoms with E-state index >= 15 is 0 Å². The molecule has 1 aromatic carbocycles. The second kappa shape index (κ2) is 8.19. The number of aryl methyl sites for hydroxylation is 2. The molecule has 0 amide bonds. The third-order valence-corrected chi connectivity index (χ3v) is 4.28. The quantitative estimate of drug-likeness (QED) is 0.598. The van der Waals surface area contributed by atoms with Gasteiger partial charge in [0.05, 0.1) is 6.61 Å². The van der Waals surface area contributed by atoms with Crippen LogP contribution in [0.25, 0.3) is 0 Å². The van der Waals surface area contributed by atoms with Gasteiger partial charge in [-0.05, 0) is 31.4 Å². The normalized spacial score (nSPS) is 10.9. The molecule has 0 radical (unpaired) electrons. The number of para-hydroxylation sites is 1. The van der Waals surface area contributed by atoms with Crippen molar-refractivity contribution in [1.82, 2.24) is 14.8 Å². The van der Waals surface area contributed by atoms with E-state index in [2.05, 4.69) is 43.1 Å². The summed E-state index contributed by atoms with van der Waals surface area (Å²) in [5.41, 5.74) is 2.31. The number of aliphatic hydroxyl groups is 1. The molecule has 120 valence electrons.